The van der Waals surface area contributed by atoms with Gasteiger partial charge in [-0.25, -0.2) is 4.98 Å². The second-order valence-electron chi connectivity index (χ2n) is 5.57. The molecule has 1 amide bonds. The van der Waals surface area contributed by atoms with E-state index in [0.29, 0.717) is 13.0 Å². The van der Waals surface area contributed by atoms with Gasteiger partial charge < -0.3 is 14.5 Å². The molecule has 0 atom stereocenters. The molecule has 2 aromatic rings. The van der Waals surface area contributed by atoms with Crippen molar-refractivity contribution in [1.82, 2.24) is 19.8 Å². The predicted molar refractivity (Wildman–Crippen MR) is 88.5 cm³/mol. The molecule has 0 radical (unpaired) electrons. The maximum atomic E-state index is 12.3. The molecule has 1 saturated heterocycles. The summed E-state index contributed by atoms with van der Waals surface area (Å²) in [6, 6.07) is 3.69. The molecule has 0 N–H and O–H groups in total. The minimum atomic E-state index is 0.156. The van der Waals surface area contributed by atoms with Crippen LogP contribution in [0, 0.1) is 0 Å². The highest BCUT2D eigenvalue weighted by Crippen LogP contribution is 2.15. The number of piperazine rings is 1. The summed E-state index contributed by atoms with van der Waals surface area (Å²) in [7, 11) is 2.08. The van der Waals surface area contributed by atoms with Crippen LogP contribution in [0.15, 0.2) is 29.9 Å². The van der Waals surface area contributed by atoms with Gasteiger partial charge in [0, 0.05) is 37.8 Å². The van der Waals surface area contributed by atoms with Crippen molar-refractivity contribution in [3.63, 3.8) is 0 Å². The van der Waals surface area contributed by atoms with Crippen LogP contribution in [0.1, 0.15) is 10.7 Å². The van der Waals surface area contributed by atoms with Crippen LogP contribution >= 0.6 is 11.3 Å². The summed E-state index contributed by atoms with van der Waals surface area (Å²) in [6.07, 6.45) is 3.75. The molecule has 0 aliphatic carbocycles. The van der Waals surface area contributed by atoms with E-state index in [2.05, 4.69) is 21.9 Å². The molecule has 6 nitrogen and oxygen atoms in total. The zero-order valence-electron chi connectivity index (χ0n) is 13.1. The van der Waals surface area contributed by atoms with Crippen molar-refractivity contribution in [1.29, 1.82) is 0 Å². The molecule has 0 saturated carbocycles. The summed E-state index contributed by atoms with van der Waals surface area (Å²) in [4.78, 5) is 24.9. The number of thiazole rings is 1. The third-order valence-electron chi connectivity index (χ3n) is 3.78. The molecular formula is C16H20N4O2S. The molecule has 0 spiro atoms. The Balaban J connectivity index is 1.50. The summed E-state index contributed by atoms with van der Waals surface area (Å²) >= 11 is 1.52. The molecule has 1 aliphatic heterocycles. The number of rotatable bonds is 5. The molecule has 0 bridgehead atoms. The number of likely N-dealkylation sites (N-methyl/N-ethyl adjacent to an activating group) is 1. The van der Waals surface area contributed by atoms with Crippen LogP contribution in [0.3, 0.4) is 0 Å². The minimum absolute atomic E-state index is 0.156. The number of pyridine rings is 1. The summed E-state index contributed by atoms with van der Waals surface area (Å²) in [6.45, 7) is 3.88. The number of aromatic nitrogens is 2. The van der Waals surface area contributed by atoms with Gasteiger partial charge in [-0.3, -0.25) is 9.78 Å². The van der Waals surface area contributed by atoms with Gasteiger partial charge in [-0.2, -0.15) is 0 Å². The molecule has 3 rings (SSSR count). The normalized spacial score (nSPS) is 15.6. The first-order chi connectivity index (χ1) is 11.2. The Bertz CT molecular complexity index is 639. The number of carbonyl (C=O) groups excluding carboxylic acids is 1. The molecule has 2 aromatic heterocycles. The van der Waals surface area contributed by atoms with E-state index in [1.807, 2.05) is 22.4 Å². The number of hydrogen-bond acceptors (Lipinski definition) is 6. The van der Waals surface area contributed by atoms with Gasteiger partial charge >= 0.3 is 0 Å². The fraction of sp³-hybridized carbons (Fsp3) is 0.438. The van der Waals surface area contributed by atoms with Crippen molar-refractivity contribution >= 4 is 17.2 Å². The van der Waals surface area contributed by atoms with Crippen molar-refractivity contribution in [3.05, 3.63) is 40.6 Å². The predicted octanol–water partition coefficient (Wildman–Crippen LogP) is 1.43. The third-order valence-corrected chi connectivity index (χ3v) is 4.66. The third kappa shape index (κ3) is 4.49. The Labute approximate surface area is 139 Å². The van der Waals surface area contributed by atoms with E-state index in [1.165, 1.54) is 11.3 Å². The van der Waals surface area contributed by atoms with Crippen molar-refractivity contribution in [3.8, 4) is 5.75 Å². The molecule has 1 aliphatic rings. The Morgan fingerprint density at radius 1 is 1.35 bits per heavy atom. The van der Waals surface area contributed by atoms with E-state index in [1.54, 1.807) is 12.4 Å². The van der Waals surface area contributed by atoms with Crippen molar-refractivity contribution < 1.29 is 9.53 Å². The van der Waals surface area contributed by atoms with E-state index in [0.717, 1.165) is 42.6 Å². The van der Waals surface area contributed by atoms with Crippen molar-refractivity contribution in [2.24, 2.45) is 0 Å². The molecule has 23 heavy (non-hydrogen) atoms. The molecule has 0 aromatic carbocycles. The summed E-state index contributed by atoms with van der Waals surface area (Å²) < 4.78 is 5.62. The van der Waals surface area contributed by atoms with E-state index >= 15 is 0 Å². The SMILES string of the molecule is CN1CCN(C(=O)Cc2csc(COc3cccnc3)n2)CC1. The summed E-state index contributed by atoms with van der Waals surface area (Å²) in [5.41, 5.74) is 0.823. The Hall–Kier alpha value is -1.99. The minimum Gasteiger partial charge on any atom is -0.485 e. The maximum Gasteiger partial charge on any atom is 0.228 e. The van der Waals surface area contributed by atoms with E-state index < -0.39 is 0 Å². The first-order valence-corrected chi connectivity index (χ1v) is 8.51. The number of nitrogens with zero attached hydrogens (tertiary/aromatic N) is 4. The van der Waals surface area contributed by atoms with Crippen LogP contribution in [0.5, 0.6) is 5.75 Å². The number of hydrogen-bond donors (Lipinski definition) is 0. The summed E-state index contributed by atoms with van der Waals surface area (Å²) in [5.74, 6) is 0.876. The van der Waals surface area contributed by atoms with Gasteiger partial charge in [-0.15, -0.1) is 11.3 Å². The molecule has 0 unspecified atom stereocenters. The number of carbonyl (C=O) groups is 1. The average molecular weight is 332 g/mol. The quantitative estimate of drug-likeness (QED) is 0.829. The van der Waals surface area contributed by atoms with E-state index in [4.69, 9.17) is 4.74 Å². The maximum absolute atomic E-state index is 12.3. The fourth-order valence-corrected chi connectivity index (χ4v) is 3.10. The fourth-order valence-electron chi connectivity index (χ4n) is 2.40. The Morgan fingerprint density at radius 3 is 2.91 bits per heavy atom. The Kier molecular flexibility index (Phi) is 5.19. The monoisotopic (exact) mass is 332 g/mol. The lowest BCUT2D eigenvalue weighted by Gasteiger charge is -2.32. The topological polar surface area (TPSA) is 58.6 Å². The lowest BCUT2D eigenvalue weighted by Crippen LogP contribution is -2.47. The van der Waals surface area contributed by atoms with Crippen molar-refractivity contribution in [2.45, 2.75) is 13.0 Å². The van der Waals surface area contributed by atoms with Crippen LogP contribution in [0.25, 0.3) is 0 Å². The largest absolute Gasteiger partial charge is 0.485 e. The molecule has 7 heteroatoms. The zero-order valence-corrected chi connectivity index (χ0v) is 14.0. The first-order valence-electron chi connectivity index (χ1n) is 7.63. The highest BCUT2D eigenvalue weighted by molar-refractivity contribution is 7.09. The van der Waals surface area contributed by atoms with Gasteiger partial charge in [0.05, 0.1) is 18.3 Å². The van der Waals surface area contributed by atoms with Gasteiger partial charge in [-0.1, -0.05) is 0 Å². The van der Waals surface area contributed by atoms with E-state index in [-0.39, 0.29) is 5.91 Å². The second-order valence-corrected chi connectivity index (χ2v) is 6.51. The second kappa shape index (κ2) is 7.52. The van der Waals surface area contributed by atoms with Crippen LogP contribution < -0.4 is 4.74 Å². The van der Waals surface area contributed by atoms with Gasteiger partial charge in [0.1, 0.15) is 17.4 Å². The lowest BCUT2D eigenvalue weighted by molar-refractivity contribution is -0.132. The van der Waals surface area contributed by atoms with Crippen molar-refractivity contribution in [2.75, 3.05) is 33.2 Å². The van der Waals surface area contributed by atoms with E-state index in [9.17, 15) is 4.79 Å². The van der Waals surface area contributed by atoms with Gasteiger partial charge in [-0.05, 0) is 19.2 Å². The standard InChI is InChI=1S/C16H20N4O2S/c1-19-5-7-20(8-6-19)16(21)9-13-12-23-15(18-13)11-22-14-3-2-4-17-10-14/h2-4,10,12H,5-9,11H2,1H3. The Morgan fingerprint density at radius 2 is 2.17 bits per heavy atom. The van der Waals surface area contributed by atoms with Gasteiger partial charge in [0.15, 0.2) is 0 Å². The van der Waals surface area contributed by atoms with Gasteiger partial charge in [0.2, 0.25) is 5.91 Å². The molecular weight excluding hydrogens is 312 g/mol. The highest BCUT2D eigenvalue weighted by Gasteiger charge is 2.20. The highest BCUT2D eigenvalue weighted by atomic mass is 32.1. The first kappa shape index (κ1) is 15.9. The number of ether oxygens (including phenoxy) is 1. The van der Waals surface area contributed by atoms with Crippen LogP contribution in [0.4, 0.5) is 0 Å². The van der Waals surface area contributed by atoms with Crippen LogP contribution in [0.2, 0.25) is 0 Å². The smallest absolute Gasteiger partial charge is 0.228 e. The molecule has 3 heterocycles. The molecule has 1 fully saturated rings. The zero-order chi connectivity index (χ0) is 16.1. The molecule has 122 valence electrons. The number of amides is 1. The average Bonchev–Trinajstić information content (AvgIpc) is 3.02. The lowest BCUT2D eigenvalue weighted by atomic mass is 10.2. The van der Waals surface area contributed by atoms with Gasteiger partial charge in [0.25, 0.3) is 0 Å². The van der Waals surface area contributed by atoms with Crippen LogP contribution in [-0.4, -0.2) is 58.9 Å². The summed E-state index contributed by atoms with van der Waals surface area (Å²) in [5, 5.41) is 2.81. The van der Waals surface area contributed by atoms with Crippen LogP contribution in [-0.2, 0) is 17.8 Å².